The molecule has 19 heteroatoms. The van der Waals surface area contributed by atoms with Crippen molar-refractivity contribution in [2.45, 2.75) is 192 Å². The maximum Gasteiger partial charge on any atom is 0.331 e. The molecule has 0 bridgehead atoms. The van der Waals surface area contributed by atoms with Crippen LogP contribution in [0.5, 0.6) is 0 Å². The second kappa shape index (κ2) is 55.3. The van der Waals surface area contributed by atoms with E-state index in [-0.39, 0.29) is 33.4 Å². The topological polar surface area (TPSA) is 83.1 Å². The van der Waals surface area contributed by atoms with E-state index in [0.717, 1.165) is 0 Å². The molecule has 0 N–H and O–H groups in total. The average Bonchev–Trinajstić information content (AvgIpc) is 3.13. The molecule has 0 spiro atoms. The Kier molecular flexibility index (Phi) is 86.8. The molecule has 62 heavy (non-hydrogen) atoms. The van der Waals surface area contributed by atoms with Crippen LogP contribution in [0.3, 0.4) is 0 Å². The van der Waals surface area contributed by atoms with E-state index < -0.39 is 75.6 Å². The Morgan fingerprint density at radius 3 is 0.581 bits per heavy atom. The third-order valence-corrected chi connectivity index (χ3v) is 20.7. The maximum atomic E-state index is 5.32. The largest absolute Gasteiger partial charge is 0.424 e. The quantitative estimate of drug-likeness (QED) is 0.132. The molecule has 0 fully saturated rings. The van der Waals surface area contributed by atoms with Crippen molar-refractivity contribution in [3.8, 4) is 0 Å². The Bertz CT molecular complexity index is 762. The van der Waals surface area contributed by atoms with E-state index in [1.165, 1.54) is 12.5 Å². The molecule has 9 nitrogen and oxygen atoms in total. The van der Waals surface area contributed by atoms with Gasteiger partial charge in [0.15, 0.2) is 42.3 Å². The standard InChI is InChI=1S/C6H16OSi.2C5H12Si.2C4H12O2Si.3C4H12OSi.C3H10OSi.C2H5.2CH4.V/c1-5-6-8(3,4)7-2;2*1-5-6(2,3)4;2*1-5-7(3,4)6-2;3*1-5-6(2,3)4;1-4-5(2)3;1-2;;;/h5-6H2,1-4H3;2*5H,1H2,2-4H3;2*1-4H3;3*1-4H3;5H,1-3H3;1H2,2H3;2*1H4;/q;;;;;;;;;-1;;;. The normalized spacial score (nSPS) is 10.8. The molecule has 0 rings (SSSR count). The fourth-order valence-corrected chi connectivity index (χ4v) is 2.61. The van der Waals surface area contributed by atoms with Gasteiger partial charge in [-0.25, -0.2) is 0 Å². The minimum atomic E-state index is -1.65. The van der Waals surface area contributed by atoms with Gasteiger partial charge in [-0.3, -0.25) is 0 Å². The van der Waals surface area contributed by atoms with Crippen molar-refractivity contribution in [2.75, 3.05) is 64.0 Å². The summed E-state index contributed by atoms with van der Waals surface area (Å²) in [7, 11) is 5.34. The van der Waals surface area contributed by atoms with Crippen molar-refractivity contribution in [1.29, 1.82) is 0 Å². The smallest absolute Gasteiger partial charge is 0.331 e. The van der Waals surface area contributed by atoms with Crippen LogP contribution in [0.15, 0.2) is 24.6 Å². The van der Waals surface area contributed by atoms with Crippen LogP contribution < -0.4 is 0 Å². The molecule has 0 heterocycles. The zero-order valence-electron chi connectivity index (χ0n) is 47.4. The predicted octanol–water partition coefficient (Wildman–Crippen LogP) is 15.4. The van der Waals surface area contributed by atoms with E-state index >= 15 is 0 Å². The summed E-state index contributed by atoms with van der Waals surface area (Å²) in [4.78, 5) is 0. The summed E-state index contributed by atoms with van der Waals surface area (Å²) in [5.41, 5.74) is 4.15. The first-order chi connectivity index (χ1) is 25.9. The second-order valence-electron chi connectivity index (χ2n) is 19.7. The monoisotopic (exact) mass is 1090 g/mol. The third kappa shape index (κ3) is 160. The number of rotatable bonds is 13. The van der Waals surface area contributed by atoms with Gasteiger partial charge in [0, 0.05) is 82.5 Å². The minimum absolute atomic E-state index is 0. The summed E-state index contributed by atoms with van der Waals surface area (Å²) in [6.07, 6.45) is 1.26. The summed E-state index contributed by atoms with van der Waals surface area (Å²) < 4.78 is 45.4. The van der Waals surface area contributed by atoms with Gasteiger partial charge in [0.25, 0.3) is 0 Å². The van der Waals surface area contributed by atoms with Crippen molar-refractivity contribution in [3.63, 3.8) is 0 Å². The van der Waals surface area contributed by atoms with Gasteiger partial charge in [0.2, 0.25) is 0 Å². The van der Waals surface area contributed by atoms with Crippen LogP contribution in [-0.2, 0) is 58.4 Å². The van der Waals surface area contributed by atoms with Gasteiger partial charge in [0.1, 0.15) is 0 Å². The van der Waals surface area contributed by atoms with E-state index in [1.54, 1.807) is 63.8 Å². The summed E-state index contributed by atoms with van der Waals surface area (Å²) in [5.74, 6) is 0. The van der Waals surface area contributed by atoms with E-state index in [2.05, 4.69) is 163 Å². The Balaban J connectivity index is -0.0000000392. The Morgan fingerprint density at radius 1 is 0.419 bits per heavy atom. The number of hydrogen-bond acceptors (Lipinski definition) is 9. The zero-order chi connectivity index (χ0) is 50.8. The first kappa shape index (κ1) is 97.4. The molecule has 0 saturated heterocycles. The Labute approximate surface area is 418 Å². The maximum absolute atomic E-state index is 5.32. The SMILES string of the molecule is C.C.C=C[Si](C)(C)C.C=C[Si](C)(C)C.CCC[Si](C)(C)OC.CO[SiH](C)C.CO[Si](C)(C)C.CO[Si](C)(C)C.CO[Si](C)(C)C.CO[Si](C)(C)OC.CO[Si](C)(C)OC.[CH2-]C.[V]. The molecule has 0 aliphatic rings. The molecule has 0 aromatic rings. The fraction of sp³-hybridized carbons (Fsp3) is 0.884. The van der Waals surface area contributed by atoms with Gasteiger partial charge >= 0.3 is 17.1 Å². The molecule has 0 saturated carbocycles. The van der Waals surface area contributed by atoms with Crippen LogP contribution in [0, 0.1) is 6.92 Å². The first-order valence-corrected chi connectivity index (χ1v) is 49.8. The molecule has 0 amide bonds. The van der Waals surface area contributed by atoms with Crippen LogP contribution >= 0.6 is 0 Å². The molecule has 1 radical (unpaired) electrons. The zero-order valence-corrected chi connectivity index (χ0v) is 57.9. The Morgan fingerprint density at radius 2 is 0.565 bits per heavy atom. The summed E-state index contributed by atoms with van der Waals surface area (Å²) >= 11 is 0. The number of hydrogen-bond donors (Lipinski definition) is 0. The predicted molar refractivity (Wildman–Crippen MR) is 311 cm³/mol. The van der Waals surface area contributed by atoms with E-state index in [1.807, 2.05) is 33.3 Å². The minimum Gasteiger partial charge on any atom is -0.424 e. The molecule has 0 aromatic heterocycles. The van der Waals surface area contributed by atoms with Crippen LogP contribution in [0.25, 0.3) is 0 Å². The molecule has 0 aliphatic carbocycles. The molecular weight excluding hydrogens is 964 g/mol. The van der Waals surface area contributed by atoms with Crippen LogP contribution in [0.2, 0.25) is 157 Å². The molecule has 0 atom stereocenters. The van der Waals surface area contributed by atoms with Crippen molar-refractivity contribution in [1.82, 2.24) is 0 Å². The van der Waals surface area contributed by atoms with Crippen LogP contribution in [-0.4, -0.2) is 140 Å². The van der Waals surface area contributed by atoms with Gasteiger partial charge in [0.05, 0.1) is 16.1 Å². The Hall–Kier alpha value is 1.66. The van der Waals surface area contributed by atoms with Gasteiger partial charge in [-0.1, -0.05) is 67.5 Å². The molecule has 0 aromatic carbocycles. The van der Waals surface area contributed by atoms with E-state index in [9.17, 15) is 0 Å². The van der Waals surface area contributed by atoms with E-state index in [4.69, 9.17) is 39.8 Å². The van der Waals surface area contributed by atoms with E-state index in [0.29, 0.717) is 0 Å². The molecule has 0 unspecified atom stereocenters. The molecule has 391 valence electrons. The van der Waals surface area contributed by atoms with Gasteiger partial charge in [-0.2, -0.15) is 6.92 Å². The summed E-state index contributed by atoms with van der Waals surface area (Å²) in [6.45, 7) is 64.4. The fourth-order valence-electron chi connectivity index (χ4n) is 0.871. The third-order valence-electron chi connectivity index (χ3n) is 6.90. The van der Waals surface area contributed by atoms with Gasteiger partial charge < -0.3 is 46.8 Å². The average molecular weight is 1090 g/mol. The van der Waals surface area contributed by atoms with Gasteiger partial charge in [-0.15, -0.1) is 24.6 Å². The van der Waals surface area contributed by atoms with Gasteiger partial charge in [-0.05, 0) is 117 Å². The van der Waals surface area contributed by atoms with Crippen molar-refractivity contribution in [2.24, 2.45) is 0 Å². The molecule has 0 aliphatic heterocycles. The molecular formula is C43H123O9Si9V-. The van der Waals surface area contributed by atoms with Crippen molar-refractivity contribution < 1.29 is 58.4 Å². The van der Waals surface area contributed by atoms with Crippen molar-refractivity contribution >= 4 is 75.6 Å². The van der Waals surface area contributed by atoms with Crippen LogP contribution in [0.4, 0.5) is 0 Å². The summed E-state index contributed by atoms with van der Waals surface area (Å²) in [6, 6.07) is 1.28. The summed E-state index contributed by atoms with van der Waals surface area (Å²) in [5, 5.41) is 0. The van der Waals surface area contributed by atoms with Crippen molar-refractivity contribution in [3.05, 3.63) is 31.5 Å². The first-order valence-electron chi connectivity index (χ1n) is 20.9. The second-order valence-corrected chi connectivity index (χ2v) is 58.1. The van der Waals surface area contributed by atoms with Crippen LogP contribution in [0.1, 0.15) is 35.1 Å².